The zero-order valence-electron chi connectivity index (χ0n) is 14.5. The molecule has 1 N–H and O–H groups in total. The molecule has 136 valence electrons. The molecular formula is C21H18N2O3S. The lowest BCUT2D eigenvalue weighted by atomic mass is 10.0. The van der Waals surface area contributed by atoms with Crippen molar-refractivity contribution < 1.29 is 14.6 Å². The molecule has 1 unspecified atom stereocenters. The lowest BCUT2D eigenvalue weighted by Gasteiger charge is -2.35. The van der Waals surface area contributed by atoms with E-state index in [0.717, 1.165) is 47.0 Å². The molecule has 0 amide bonds. The predicted molar refractivity (Wildman–Crippen MR) is 106 cm³/mol. The van der Waals surface area contributed by atoms with Gasteiger partial charge in [-0.15, -0.1) is 11.3 Å². The van der Waals surface area contributed by atoms with Gasteiger partial charge in [0.1, 0.15) is 6.29 Å². The van der Waals surface area contributed by atoms with E-state index in [0.29, 0.717) is 6.54 Å². The second-order valence-electron chi connectivity index (χ2n) is 6.69. The predicted octanol–water partition coefficient (Wildman–Crippen LogP) is 4.24. The fraction of sp³-hybridized carbons (Fsp3) is 0.190. The van der Waals surface area contributed by atoms with Gasteiger partial charge in [-0.2, -0.15) is 0 Å². The van der Waals surface area contributed by atoms with Crippen LogP contribution in [0, 0.1) is 0 Å². The highest BCUT2D eigenvalue weighted by Gasteiger charge is 2.28. The normalized spacial score (nSPS) is 17.6. The van der Waals surface area contributed by atoms with E-state index in [1.807, 2.05) is 58.8 Å². The number of benzene rings is 2. The Bertz CT molecular complexity index is 1020. The van der Waals surface area contributed by atoms with E-state index in [1.165, 1.54) is 4.88 Å². The second kappa shape index (κ2) is 6.40. The first-order chi connectivity index (χ1) is 13.2. The van der Waals surface area contributed by atoms with Crippen molar-refractivity contribution in [3.05, 3.63) is 64.4 Å². The van der Waals surface area contributed by atoms with E-state index in [4.69, 9.17) is 4.74 Å². The Morgan fingerprint density at radius 2 is 2.00 bits per heavy atom. The Morgan fingerprint density at radius 1 is 1.15 bits per heavy atom. The first-order valence-corrected chi connectivity index (χ1v) is 9.74. The highest BCUT2D eigenvalue weighted by Crippen LogP contribution is 2.48. The zero-order valence-corrected chi connectivity index (χ0v) is 15.4. The molecule has 5 nitrogen and oxygen atoms in total. The average Bonchev–Trinajstić information content (AvgIpc) is 3.17. The summed E-state index contributed by atoms with van der Waals surface area (Å²) in [6.45, 7) is 1.58. The van der Waals surface area contributed by atoms with Gasteiger partial charge in [-0.3, -0.25) is 0 Å². The van der Waals surface area contributed by atoms with Gasteiger partial charge < -0.3 is 24.4 Å². The summed E-state index contributed by atoms with van der Waals surface area (Å²) < 4.78 is 6.04. The van der Waals surface area contributed by atoms with E-state index in [2.05, 4.69) is 4.90 Å². The number of aliphatic hydroxyl groups is 1. The van der Waals surface area contributed by atoms with Gasteiger partial charge in [0.15, 0.2) is 11.5 Å². The number of aldehydes is 1. The van der Waals surface area contributed by atoms with Gasteiger partial charge in [0.25, 0.3) is 0 Å². The van der Waals surface area contributed by atoms with Crippen molar-refractivity contribution in [1.29, 1.82) is 0 Å². The average molecular weight is 378 g/mol. The van der Waals surface area contributed by atoms with Crippen molar-refractivity contribution in [3.8, 4) is 11.5 Å². The minimum absolute atomic E-state index is 0.258. The maximum Gasteiger partial charge on any atom is 0.151 e. The minimum Gasteiger partial charge on any atom is -0.453 e. The highest BCUT2D eigenvalue weighted by atomic mass is 32.1. The molecule has 3 aromatic rings. The Kier molecular flexibility index (Phi) is 3.88. The second-order valence-corrected chi connectivity index (χ2v) is 7.70. The van der Waals surface area contributed by atoms with Gasteiger partial charge in [-0.25, -0.2) is 0 Å². The molecular weight excluding hydrogens is 360 g/mol. The van der Waals surface area contributed by atoms with Crippen LogP contribution in [0.3, 0.4) is 0 Å². The Hall–Kier alpha value is -2.83. The summed E-state index contributed by atoms with van der Waals surface area (Å²) in [7, 11) is 0. The smallest absolute Gasteiger partial charge is 0.151 e. The summed E-state index contributed by atoms with van der Waals surface area (Å²) in [6, 6.07) is 15.7. The maximum atomic E-state index is 11.3. The van der Waals surface area contributed by atoms with Crippen LogP contribution >= 0.6 is 11.3 Å². The first-order valence-electron chi connectivity index (χ1n) is 8.86. The number of rotatable bonds is 3. The zero-order chi connectivity index (χ0) is 18.4. The quantitative estimate of drug-likeness (QED) is 0.691. The van der Waals surface area contributed by atoms with Crippen molar-refractivity contribution in [2.45, 2.75) is 12.6 Å². The molecule has 6 heteroatoms. The number of aliphatic hydroxyl groups excluding tert-OH is 1. The molecule has 1 atom stereocenters. The molecule has 2 aliphatic rings. The van der Waals surface area contributed by atoms with Gasteiger partial charge >= 0.3 is 0 Å². The fourth-order valence-electron chi connectivity index (χ4n) is 3.80. The molecule has 0 radical (unpaired) electrons. The van der Waals surface area contributed by atoms with Crippen LogP contribution < -0.4 is 14.5 Å². The molecule has 0 saturated heterocycles. The Morgan fingerprint density at radius 3 is 2.89 bits per heavy atom. The van der Waals surface area contributed by atoms with Crippen LogP contribution in [0.4, 0.5) is 17.1 Å². The third kappa shape index (κ3) is 2.69. The van der Waals surface area contributed by atoms with Crippen LogP contribution in [0.5, 0.6) is 11.5 Å². The Balaban J connectivity index is 1.54. The van der Waals surface area contributed by atoms with Gasteiger partial charge in [0.2, 0.25) is 0 Å². The number of fused-ring (bicyclic) bond motifs is 3. The summed E-state index contributed by atoms with van der Waals surface area (Å²) in [5.41, 5.74) is 3.79. The largest absolute Gasteiger partial charge is 0.453 e. The fourth-order valence-corrected chi connectivity index (χ4v) is 4.75. The van der Waals surface area contributed by atoms with Crippen LogP contribution in [-0.4, -0.2) is 24.5 Å². The number of anilines is 3. The van der Waals surface area contributed by atoms with E-state index >= 15 is 0 Å². The number of thiophene rings is 1. The number of hydrogen-bond acceptors (Lipinski definition) is 6. The SMILES string of the molecule is O=CCN1c2ccccc2Oc2ccc(N3Cc4sccc4C(O)C3)cc21. The molecule has 2 aromatic carbocycles. The van der Waals surface area contributed by atoms with E-state index in [1.54, 1.807) is 11.3 Å². The van der Waals surface area contributed by atoms with Crippen LogP contribution in [0.15, 0.2) is 53.9 Å². The lowest BCUT2D eigenvalue weighted by molar-refractivity contribution is -0.106. The number of nitrogens with zero attached hydrogens (tertiary/aromatic N) is 2. The van der Waals surface area contributed by atoms with Crippen molar-refractivity contribution in [3.63, 3.8) is 0 Å². The molecule has 27 heavy (non-hydrogen) atoms. The summed E-state index contributed by atoms with van der Waals surface area (Å²) in [6.07, 6.45) is 0.417. The lowest BCUT2D eigenvalue weighted by Crippen LogP contribution is -2.33. The van der Waals surface area contributed by atoms with E-state index < -0.39 is 6.10 Å². The number of hydrogen-bond donors (Lipinski definition) is 1. The third-order valence-corrected chi connectivity index (χ3v) is 6.02. The molecule has 0 bridgehead atoms. The monoisotopic (exact) mass is 378 g/mol. The topological polar surface area (TPSA) is 53.0 Å². The molecule has 3 heterocycles. The van der Waals surface area contributed by atoms with Crippen LogP contribution in [0.25, 0.3) is 0 Å². The number of para-hydroxylation sites is 2. The molecule has 0 saturated carbocycles. The van der Waals surface area contributed by atoms with Crippen LogP contribution in [0.1, 0.15) is 16.5 Å². The molecule has 1 aromatic heterocycles. The van der Waals surface area contributed by atoms with Gasteiger partial charge in [0, 0.05) is 17.1 Å². The number of carbonyl (C=O) groups excluding carboxylic acids is 1. The molecule has 0 fully saturated rings. The van der Waals surface area contributed by atoms with Crippen LogP contribution in [-0.2, 0) is 11.3 Å². The van der Waals surface area contributed by atoms with Crippen LogP contribution in [0.2, 0.25) is 0 Å². The summed E-state index contributed by atoms with van der Waals surface area (Å²) >= 11 is 1.67. The van der Waals surface area contributed by atoms with Crippen molar-refractivity contribution in [1.82, 2.24) is 0 Å². The van der Waals surface area contributed by atoms with Gasteiger partial charge in [0.05, 0.1) is 30.6 Å². The first kappa shape index (κ1) is 16.4. The summed E-state index contributed by atoms with van der Waals surface area (Å²) in [5, 5.41) is 12.5. The molecule has 5 rings (SSSR count). The van der Waals surface area contributed by atoms with E-state index in [9.17, 15) is 9.90 Å². The molecule has 0 spiro atoms. The number of carbonyl (C=O) groups is 1. The summed E-state index contributed by atoms with van der Waals surface area (Å²) in [4.78, 5) is 16.6. The van der Waals surface area contributed by atoms with Gasteiger partial charge in [-0.1, -0.05) is 12.1 Å². The molecule has 2 aliphatic heterocycles. The number of ether oxygens (including phenoxy) is 1. The third-order valence-electron chi connectivity index (χ3n) is 5.10. The van der Waals surface area contributed by atoms with Crippen molar-refractivity contribution in [2.24, 2.45) is 0 Å². The summed E-state index contributed by atoms with van der Waals surface area (Å²) in [5.74, 6) is 1.48. The van der Waals surface area contributed by atoms with Crippen molar-refractivity contribution >= 4 is 34.7 Å². The highest BCUT2D eigenvalue weighted by molar-refractivity contribution is 7.10. The standard InChI is InChI=1S/C21H18N2O3S/c24-9-8-23-16-3-1-2-4-19(16)26-20-6-5-14(11-17(20)23)22-12-18(25)15-7-10-27-21(15)13-22/h1-7,9-11,18,25H,8,12-13H2. The van der Waals surface area contributed by atoms with Crippen molar-refractivity contribution in [2.75, 3.05) is 22.9 Å². The molecule has 0 aliphatic carbocycles. The number of β-amino-alcohol motifs (C(OH)–C–C–N with tert-alkyl or cyclic N) is 1. The van der Waals surface area contributed by atoms with Gasteiger partial charge in [-0.05, 0) is 47.3 Å². The minimum atomic E-state index is -0.487. The van der Waals surface area contributed by atoms with E-state index in [-0.39, 0.29) is 6.54 Å². The maximum absolute atomic E-state index is 11.3. The Labute approximate surface area is 161 Å².